The molecule has 25 heavy (non-hydrogen) atoms. The zero-order chi connectivity index (χ0) is 18.7. The van der Waals surface area contributed by atoms with Gasteiger partial charge in [-0.05, 0) is 57.5 Å². The number of carbonyl (C=O) groups is 2. The average Bonchev–Trinajstić information content (AvgIpc) is 2.59. The molecular formula is C17H23Cl2NO5. The quantitative estimate of drug-likeness (QED) is 0.566. The van der Waals surface area contributed by atoms with Gasteiger partial charge in [-0.1, -0.05) is 35.7 Å². The summed E-state index contributed by atoms with van der Waals surface area (Å²) in [4.78, 5) is 20.8. The van der Waals surface area contributed by atoms with Gasteiger partial charge in [-0.15, -0.1) is 0 Å². The molecule has 2 N–H and O–H groups in total. The second-order valence-electron chi connectivity index (χ2n) is 5.62. The van der Waals surface area contributed by atoms with Crippen molar-refractivity contribution in [2.45, 2.75) is 32.1 Å². The van der Waals surface area contributed by atoms with E-state index in [9.17, 15) is 0 Å². The highest BCUT2D eigenvalue weighted by Crippen LogP contribution is 2.31. The van der Waals surface area contributed by atoms with Gasteiger partial charge in [0.05, 0.1) is 11.6 Å². The summed E-state index contributed by atoms with van der Waals surface area (Å²) in [6.45, 7) is 4.42. The molecule has 0 radical (unpaired) electrons. The van der Waals surface area contributed by atoms with Crippen LogP contribution in [0.25, 0.3) is 0 Å². The van der Waals surface area contributed by atoms with E-state index < -0.39 is 11.9 Å². The van der Waals surface area contributed by atoms with Crippen molar-refractivity contribution in [1.29, 1.82) is 0 Å². The highest BCUT2D eigenvalue weighted by Gasteiger charge is 2.09. The lowest BCUT2D eigenvalue weighted by Gasteiger charge is -2.26. The maximum atomic E-state index is 9.10. The Kier molecular flexibility index (Phi) is 10.3. The minimum Gasteiger partial charge on any atom is -0.492 e. The second kappa shape index (κ2) is 12.0. The van der Waals surface area contributed by atoms with E-state index in [0.717, 1.165) is 6.42 Å². The molecule has 1 aliphatic rings. The van der Waals surface area contributed by atoms with Crippen molar-refractivity contribution in [2.24, 2.45) is 0 Å². The Morgan fingerprint density at radius 2 is 1.68 bits per heavy atom. The Morgan fingerprint density at radius 1 is 1.04 bits per heavy atom. The SMILES string of the molecule is Clc1cccc(OCCCCN2CCCCC2)c1Cl.O=C(O)C(=O)O. The Morgan fingerprint density at radius 3 is 2.28 bits per heavy atom. The van der Waals surface area contributed by atoms with E-state index >= 15 is 0 Å². The van der Waals surface area contributed by atoms with E-state index in [0.29, 0.717) is 22.4 Å². The monoisotopic (exact) mass is 391 g/mol. The number of benzene rings is 1. The van der Waals surface area contributed by atoms with Crippen LogP contribution in [0.3, 0.4) is 0 Å². The molecule has 1 saturated heterocycles. The first kappa shape index (κ1) is 21.5. The zero-order valence-electron chi connectivity index (χ0n) is 13.9. The lowest BCUT2D eigenvalue weighted by atomic mass is 10.1. The molecule has 0 spiro atoms. The summed E-state index contributed by atoms with van der Waals surface area (Å²) in [5, 5.41) is 15.8. The van der Waals surface area contributed by atoms with Crippen LogP contribution < -0.4 is 4.74 Å². The fraction of sp³-hybridized carbons (Fsp3) is 0.529. The molecule has 0 bridgehead atoms. The van der Waals surface area contributed by atoms with Crippen LogP contribution in [0.5, 0.6) is 5.75 Å². The van der Waals surface area contributed by atoms with Gasteiger partial charge in [0.15, 0.2) is 0 Å². The number of likely N-dealkylation sites (tertiary alicyclic amines) is 1. The van der Waals surface area contributed by atoms with E-state index in [1.165, 1.54) is 45.3 Å². The standard InChI is InChI=1S/C15H21Cl2NO.C2H2O4/c16-13-7-6-8-14(15(13)17)19-12-5-4-11-18-9-2-1-3-10-18;3-1(4)2(5)6/h6-8H,1-5,9-12H2;(H,3,4)(H,5,6). The molecule has 1 heterocycles. The largest absolute Gasteiger partial charge is 0.492 e. The second-order valence-corrected chi connectivity index (χ2v) is 6.41. The molecule has 140 valence electrons. The molecule has 0 amide bonds. The number of hydrogen-bond donors (Lipinski definition) is 2. The van der Waals surface area contributed by atoms with Crippen molar-refractivity contribution >= 4 is 35.1 Å². The third-order valence-electron chi connectivity index (χ3n) is 3.67. The van der Waals surface area contributed by atoms with Crippen molar-refractivity contribution in [3.63, 3.8) is 0 Å². The highest BCUT2D eigenvalue weighted by atomic mass is 35.5. The van der Waals surface area contributed by atoms with Gasteiger partial charge in [-0.25, -0.2) is 9.59 Å². The van der Waals surface area contributed by atoms with Crippen LogP contribution in [0.15, 0.2) is 18.2 Å². The van der Waals surface area contributed by atoms with E-state index in [2.05, 4.69) is 4.90 Å². The number of nitrogens with zero attached hydrogens (tertiary/aromatic N) is 1. The number of piperidine rings is 1. The van der Waals surface area contributed by atoms with Crippen molar-refractivity contribution in [3.8, 4) is 5.75 Å². The predicted octanol–water partition coefficient (Wildman–Crippen LogP) is 3.79. The Labute approximate surface area is 157 Å². The minimum absolute atomic E-state index is 0.514. The number of rotatable bonds is 6. The van der Waals surface area contributed by atoms with E-state index in [-0.39, 0.29) is 0 Å². The molecule has 8 heteroatoms. The number of carboxylic acids is 2. The highest BCUT2D eigenvalue weighted by molar-refractivity contribution is 6.42. The maximum absolute atomic E-state index is 9.10. The van der Waals surface area contributed by atoms with Crippen LogP contribution in [-0.2, 0) is 9.59 Å². The molecular weight excluding hydrogens is 369 g/mol. The molecule has 1 aromatic carbocycles. The number of ether oxygens (including phenoxy) is 1. The number of hydrogen-bond acceptors (Lipinski definition) is 4. The van der Waals surface area contributed by atoms with Crippen LogP contribution in [0.2, 0.25) is 10.0 Å². The lowest BCUT2D eigenvalue weighted by Crippen LogP contribution is -2.30. The van der Waals surface area contributed by atoms with Gasteiger partial charge < -0.3 is 19.8 Å². The summed E-state index contributed by atoms with van der Waals surface area (Å²) >= 11 is 12.0. The predicted molar refractivity (Wildman–Crippen MR) is 96.8 cm³/mol. The molecule has 6 nitrogen and oxygen atoms in total. The molecule has 2 rings (SSSR count). The first-order valence-corrected chi connectivity index (χ1v) is 8.92. The molecule has 0 saturated carbocycles. The molecule has 1 aliphatic heterocycles. The first-order chi connectivity index (χ1) is 11.9. The summed E-state index contributed by atoms with van der Waals surface area (Å²) in [6.07, 6.45) is 6.34. The summed E-state index contributed by atoms with van der Waals surface area (Å²) in [6, 6.07) is 5.49. The normalized spacial score (nSPS) is 14.3. The van der Waals surface area contributed by atoms with Crippen LogP contribution in [0, 0.1) is 0 Å². The summed E-state index contributed by atoms with van der Waals surface area (Å²) < 4.78 is 5.67. The van der Waals surface area contributed by atoms with Gasteiger partial charge in [0.2, 0.25) is 0 Å². The fourth-order valence-electron chi connectivity index (χ4n) is 2.40. The first-order valence-electron chi connectivity index (χ1n) is 8.17. The number of halogens is 2. The topological polar surface area (TPSA) is 87.1 Å². The van der Waals surface area contributed by atoms with Crippen LogP contribution >= 0.6 is 23.2 Å². The van der Waals surface area contributed by atoms with Crippen molar-refractivity contribution < 1.29 is 24.5 Å². The fourth-order valence-corrected chi connectivity index (χ4v) is 2.74. The average molecular weight is 392 g/mol. The summed E-state index contributed by atoms with van der Waals surface area (Å²) in [5.41, 5.74) is 0. The van der Waals surface area contributed by atoms with E-state index in [1.54, 1.807) is 6.07 Å². The Bertz CT molecular complexity index is 550. The minimum atomic E-state index is -1.82. The van der Waals surface area contributed by atoms with Gasteiger partial charge >= 0.3 is 11.9 Å². The van der Waals surface area contributed by atoms with Gasteiger partial charge in [0.25, 0.3) is 0 Å². The molecule has 1 fully saturated rings. The maximum Gasteiger partial charge on any atom is 0.414 e. The van der Waals surface area contributed by atoms with Gasteiger partial charge in [-0.3, -0.25) is 0 Å². The van der Waals surface area contributed by atoms with Crippen molar-refractivity contribution in [1.82, 2.24) is 4.90 Å². The summed E-state index contributed by atoms with van der Waals surface area (Å²) in [7, 11) is 0. The third-order valence-corrected chi connectivity index (χ3v) is 4.48. The molecule has 0 aliphatic carbocycles. The number of aliphatic carboxylic acids is 2. The van der Waals surface area contributed by atoms with Crippen LogP contribution in [-0.4, -0.2) is 53.3 Å². The molecule has 0 aromatic heterocycles. The molecule has 0 unspecified atom stereocenters. The Hall–Kier alpha value is -1.50. The van der Waals surface area contributed by atoms with Gasteiger partial charge in [0, 0.05) is 0 Å². The van der Waals surface area contributed by atoms with Crippen molar-refractivity contribution in [3.05, 3.63) is 28.2 Å². The van der Waals surface area contributed by atoms with Crippen molar-refractivity contribution in [2.75, 3.05) is 26.2 Å². The van der Waals surface area contributed by atoms with Crippen LogP contribution in [0.4, 0.5) is 0 Å². The van der Waals surface area contributed by atoms with E-state index in [4.69, 9.17) is 47.7 Å². The molecule has 1 aromatic rings. The molecule has 0 atom stereocenters. The Balaban J connectivity index is 0.000000450. The lowest BCUT2D eigenvalue weighted by molar-refractivity contribution is -0.159. The van der Waals surface area contributed by atoms with Crippen LogP contribution in [0.1, 0.15) is 32.1 Å². The zero-order valence-corrected chi connectivity index (χ0v) is 15.4. The van der Waals surface area contributed by atoms with Gasteiger partial charge in [-0.2, -0.15) is 0 Å². The van der Waals surface area contributed by atoms with E-state index in [1.807, 2.05) is 12.1 Å². The summed E-state index contributed by atoms with van der Waals surface area (Å²) in [5.74, 6) is -2.96. The van der Waals surface area contributed by atoms with Gasteiger partial charge in [0.1, 0.15) is 10.8 Å². The number of carboxylic acid groups (broad SMARTS) is 2. The smallest absolute Gasteiger partial charge is 0.414 e. The number of unbranched alkanes of at least 4 members (excludes halogenated alkanes) is 1. The third kappa shape index (κ3) is 8.95.